The second-order valence-corrected chi connectivity index (χ2v) is 9.28. The second kappa shape index (κ2) is 10.1. The van der Waals surface area contributed by atoms with Crippen molar-refractivity contribution in [1.29, 1.82) is 0 Å². The molecule has 1 aromatic carbocycles. The maximum absolute atomic E-state index is 12.9. The number of benzene rings is 1. The number of ether oxygens (including phenoxy) is 1. The van der Waals surface area contributed by atoms with Crippen molar-refractivity contribution in [2.75, 3.05) is 32.8 Å². The predicted molar refractivity (Wildman–Crippen MR) is 119 cm³/mol. The first kappa shape index (κ1) is 22.9. The highest BCUT2D eigenvalue weighted by atomic mass is 32.2. The van der Waals surface area contributed by atoms with Crippen molar-refractivity contribution in [2.24, 2.45) is 0 Å². The summed E-state index contributed by atoms with van der Waals surface area (Å²) in [4.78, 5) is 13.5. The Morgan fingerprint density at radius 1 is 1.12 bits per heavy atom. The second-order valence-electron chi connectivity index (χ2n) is 7.43. The molecule has 0 saturated carbocycles. The fourth-order valence-electron chi connectivity index (χ4n) is 3.38. The normalized spacial score (nSPS) is 15.2. The van der Waals surface area contributed by atoms with Crippen LogP contribution in [0, 0.1) is 0 Å². The average molecular weight is 473 g/mol. The largest absolute Gasteiger partial charge is 0.379 e. The predicted octanol–water partition coefficient (Wildman–Crippen LogP) is 0.834. The Morgan fingerprint density at radius 2 is 1.88 bits per heavy atom. The molecule has 0 radical (unpaired) electrons. The van der Waals surface area contributed by atoms with Gasteiger partial charge in [0.1, 0.15) is 5.69 Å². The number of carbonyl (C=O) groups excluding carboxylic acids is 1. The molecule has 0 atom stereocenters. The van der Waals surface area contributed by atoms with Crippen molar-refractivity contribution in [2.45, 2.75) is 11.4 Å². The lowest BCUT2D eigenvalue weighted by molar-refractivity contribution is -0.124. The minimum Gasteiger partial charge on any atom is -0.379 e. The summed E-state index contributed by atoms with van der Waals surface area (Å²) in [7, 11) is -3.80. The van der Waals surface area contributed by atoms with E-state index in [1.165, 1.54) is 36.1 Å². The molecule has 2 N–H and O–H groups in total. The van der Waals surface area contributed by atoms with Gasteiger partial charge in [-0.05, 0) is 29.8 Å². The van der Waals surface area contributed by atoms with Gasteiger partial charge in [-0.2, -0.15) is 0 Å². The van der Waals surface area contributed by atoms with Crippen LogP contribution >= 0.6 is 0 Å². The number of hydrogen-bond donors (Lipinski definition) is 2. The van der Waals surface area contributed by atoms with Crippen LogP contribution in [0.3, 0.4) is 0 Å². The third-order valence-electron chi connectivity index (χ3n) is 5.24. The molecule has 2 aromatic heterocycles. The Balaban J connectivity index is 1.42. The van der Waals surface area contributed by atoms with Crippen LogP contribution in [0.1, 0.15) is 5.56 Å². The van der Waals surface area contributed by atoms with Crippen LogP contribution in [-0.4, -0.2) is 76.2 Å². The van der Waals surface area contributed by atoms with Gasteiger partial charge in [-0.3, -0.25) is 19.6 Å². The standard InChI is InChI=1S/C21H24N6O5S/c28-21(23-29)6-1-17-7-8-27(15-17)33(30,31)19-4-2-18(3-5-19)20-16-26(24-22-20)10-9-25-11-13-32-14-12-25/h1-8,15-16,29H,9-14H2,(H,23,28)/b6-1+. The lowest BCUT2D eigenvalue weighted by Crippen LogP contribution is -2.38. The highest BCUT2D eigenvalue weighted by molar-refractivity contribution is 7.90. The summed E-state index contributed by atoms with van der Waals surface area (Å²) in [5.41, 5.74) is 3.39. The Labute approximate surface area is 190 Å². The minimum absolute atomic E-state index is 0.116. The number of hydrogen-bond acceptors (Lipinski definition) is 8. The zero-order valence-corrected chi connectivity index (χ0v) is 18.6. The fraction of sp³-hybridized carbons (Fsp3) is 0.286. The van der Waals surface area contributed by atoms with Crippen LogP contribution in [0.15, 0.2) is 59.9 Å². The summed E-state index contributed by atoms with van der Waals surface area (Å²) in [5, 5.41) is 16.9. The van der Waals surface area contributed by atoms with Crippen molar-refractivity contribution in [1.82, 2.24) is 29.3 Å². The van der Waals surface area contributed by atoms with Gasteiger partial charge in [0.2, 0.25) is 0 Å². The maximum Gasteiger partial charge on any atom is 0.267 e. The van der Waals surface area contributed by atoms with Crippen LogP contribution in [0.4, 0.5) is 0 Å². The summed E-state index contributed by atoms with van der Waals surface area (Å²) in [6.45, 7) is 4.90. The molecule has 3 aromatic rings. The van der Waals surface area contributed by atoms with E-state index in [-0.39, 0.29) is 4.90 Å². The van der Waals surface area contributed by atoms with Crippen molar-refractivity contribution in [3.8, 4) is 11.3 Å². The van der Waals surface area contributed by atoms with E-state index in [1.54, 1.807) is 22.9 Å². The first-order valence-corrected chi connectivity index (χ1v) is 11.8. The summed E-state index contributed by atoms with van der Waals surface area (Å²) >= 11 is 0. The Kier molecular flexibility index (Phi) is 6.99. The van der Waals surface area contributed by atoms with E-state index in [9.17, 15) is 13.2 Å². The number of rotatable bonds is 8. The Hall–Kier alpha value is -3.32. The topological polar surface area (TPSA) is 132 Å². The van der Waals surface area contributed by atoms with E-state index >= 15 is 0 Å². The van der Waals surface area contributed by atoms with Gasteiger partial charge in [-0.15, -0.1) is 5.10 Å². The fourth-order valence-corrected chi connectivity index (χ4v) is 4.58. The van der Waals surface area contributed by atoms with Crippen molar-refractivity contribution in [3.05, 3.63) is 60.6 Å². The third kappa shape index (κ3) is 5.54. The van der Waals surface area contributed by atoms with Gasteiger partial charge in [0, 0.05) is 43.7 Å². The van der Waals surface area contributed by atoms with Gasteiger partial charge in [0.25, 0.3) is 15.9 Å². The molecule has 11 nitrogen and oxygen atoms in total. The summed E-state index contributed by atoms with van der Waals surface area (Å²) in [5.74, 6) is -0.709. The first-order chi connectivity index (χ1) is 16.0. The average Bonchev–Trinajstić information content (AvgIpc) is 3.52. The number of nitrogens with one attached hydrogen (secondary N) is 1. The molecular weight excluding hydrogens is 448 g/mol. The lowest BCUT2D eigenvalue weighted by Gasteiger charge is -2.26. The highest BCUT2D eigenvalue weighted by Gasteiger charge is 2.17. The maximum atomic E-state index is 12.9. The number of morpholine rings is 1. The van der Waals surface area contributed by atoms with Gasteiger partial charge >= 0.3 is 0 Å². The summed E-state index contributed by atoms with van der Waals surface area (Å²) < 4.78 is 34.0. The van der Waals surface area contributed by atoms with Crippen LogP contribution in [0.2, 0.25) is 0 Å². The van der Waals surface area contributed by atoms with Gasteiger partial charge in [0.05, 0.1) is 30.9 Å². The van der Waals surface area contributed by atoms with Gasteiger partial charge in [-0.25, -0.2) is 17.9 Å². The van der Waals surface area contributed by atoms with Crippen LogP contribution < -0.4 is 5.48 Å². The molecule has 33 heavy (non-hydrogen) atoms. The first-order valence-electron chi connectivity index (χ1n) is 10.3. The van der Waals surface area contributed by atoms with Gasteiger partial charge in [0.15, 0.2) is 0 Å². The van der Waals surface area contributed by atoms with Gasteiger partial charge in [-0.1, -0.05) is 17.3 Å². The quantitative estimate of drug-likeness (QED) is 0.280. The molecule has 1 amide bonds. The molecular formula is C21H24N6O5S. The lowest BCUT2D eigenvalue weighted by atomic mass is 10.2. The molecule has 1 aliphatic heterocycles. The summed E-state index contributed by atoms with van der Waals surface area (Å²) in [6.07, 6.45) is 7.10. The van der Waals surface area contributed by atoms with E-state index in [1.807, 2.05) is 6.20 Å². The van der Waals surface area contributed by atoms with Crippen molar-refractivity contribution < 1.29 is 23.2 Å². The Morgan fingerprint density at radius 3 is 2.61 bits per heavy atom. The highest BCUT2D eigenvalue weighted by Crippen LogP contribution is 2.21. The molecule has 3 heterocycles. The number of hydroxylamine groups is 1. The molecule has 4 rings (SSSR count). The van der Waals surface area contributed by atoms with Crippen LogP contribution in [-0.2, 0) is 26.1 Å². The third-order valence-corrected chi connectivity index (χ3v) is 6.89. The van der Waals surface area contributed by atoms with E-state index in [2.05, 4.69) is 15.2 Å². The van der Waals surface area contributed by atoms with E-state index < -0.39 is 15.9 Å². The zero-order chi connectivity index (χ0) is 23.3. The Bertz CT molecular complexity index is 1230. The van der Waals surface area contributed by atoms with E-state index in [0.29, 0.717) is 17.8 Å². The molecule has 12 heteroatoms. The number of amides is 1. The molecule has 0 bridgehead atoms. The SMILES string of the molecule is O=C(/C=C/c1ccn(S(=O)(=O)c2ccc(-c3cn(CCN4CCOCC4)nn3)cc2)c1)NO. The number of carbonyl (C=O) groups is 1. The minimum atomic E-state index is -3.80. The number of aromatic nitrogens is 4. The number of nitrogens with zero attached hydrogens (tertiary/aromatic N) is 5. The molecule has 1 aliphatic rings. The monoisotopic (exact) mass is 472 g/mol. The van der Waals surface area contributed by atoms with Gasteiger partial charge < -0.3 is 4.74 Å². The molecule has 1 saturated heterocycles. The van der Waals surface area contributed by atoms with E-state index in [0.717, 1.165) is 48.5 Å². The molecule has 0 aliphatic carbocycles. The molecule has 0 spiro atoms. The smallest absolute Gasteiger partial charge is 0.267 e. The van der Waals surface area contributed by atoms with Crippen LogP contribution in [0.5, 0.6) is 0 Å². The summed E-state index contributed by atoms with van der Waals surface area (Å²) in [6, 6.07) is 7.97. The molecule has 174 valence electrons. The van der Waals surface area contributed by atoms with Crippen LogP contribution in [0.25, 0.3) is 17.3 Å². The zero-order valence-electron chi connectivity index (χ0n) is 17.7. The van der Waals surface area contributed by atoms with E-state index in [4.69, 9.17) is 9.94 Å². The molecule has 0 unspecified atom stereocenters. The van der Waals surface area contributed by atoms with Crippen molar-refractivity contribution in [3.63, 3.8) is 0 Å². The molecule has 1 fully saturated rings. The van der Waals surface area contributed by atoms with Crippen molar-refractivity contribution >= 4 is 22.0 Å².